The first kappa shape index (κ1) is 24.3. The lowest BCUT2D eigenvalue weighted by Crippen LogP contribution is -2.43. The van der Waals surface area contributed by atoms with E-state index in [4.69, 9.17) is 4.74 Å². The van der Waals surface area contributed by atoms with Crippen molar-refractivity contribution in [1.82, 2.24) is 10.6 Å². The fourth-order valence-electron chi connectivity index (χ4n) is 4.08. The van der Waals surface area contributed by atoms with E-state index in [-0.39, 0.29) is 18.3 Å². The number of ether oxygens (including phenoxy) is 1. The minimum absolute atomic E-state index is 0.0527. The Kier molecular flexibility index (Phi) is 6.86. The topological polar surface area (TPSA) is 143 Å². The van der Waals surface area contributed by atoms with Gasteiger partial charge in [-0.25, -0.2) is 4.79 Å². The van der Waals surface area contributed by atoms with Crippen molar-refractivity contribution in [2.45, 2.75) is 19.9 Å². The van der Waals surface area contributed by atoms with Gasteiger partial charge in [-0.05, 0) is 41.8 Å². The summed E-state index contributed by atoms with van der Waals surface area (Å²) >= 11 is 0. The average molecular weight is 489 g/mol. The maximum absolute atomic E-state index is 12.8. The molecule has 184 valence electrons. The molecule has 3 aromatic rings. The number of aromatic hydroxyl groups is 1. The maximum atomic E-state index is 12.8. The van der Waals surface area contributed by atoms with Gasteiger partial charge in [-0.3, -0.25) is 14.9 Å². The Labute approximate surface area is 206 Å². The Bertz CT molecular complexity index is 1350. The number of hydrogen-bond acceptors (Lipinski definition) is 6. The molecule has 0 aliphatic carbocycles. The van der Waals surface area contributed by atoms with Gasteiger partial charge >= 0.3 is 11.7 Å². The van der Waals surface area contributed by atoms with Crippen LogP contribution in [0.25, 0.3) is 11.3 Å². The maximum Gasteiger partial charge on any atom is 0.320 e. The van der Waals surface area contributed by atoms with E-state index in [1.807, 2.05) is 30.3 Å². The van der Waals surface area contributed by atoms with Gasteiger partial charge in [-0.2, -0.15) is 0 Å². The van der Waals surface area contributed by atoms with Crippen LogP contribution in [0.1, 0.15) is 36.6 Å². The summed E-state index contributed by atoms with van der Waals surface area (Å²) in [5, 5.41) is 30.4. The zero-order chi connectivity index (χ0) is 25.8. The Morgan fingerprint density at radius 3 is 2.42 bits per heavy atom. The zero-order valence-electron chi connectivity index (χ0n) is 19.6. The normalized spacial score (nSPS) is 15.1. The highest BCUT2D eigenvalue weighted by molar-refractivity contribution is 6.03. The first-order valence-electron chi connectivity index (χ1n) is 11.2. The van der Waals surface area contributed by atoms with Gasteiger partial charge in [0, 0.05) is 24.3 Å². The first-order chi connectivity index (χ1) is 17.3. The summed E-state index contributed by atoms with van der Waals surface area (Å²) < 4.78 is 5.45. The van der Waals surface area contributed by atoms with Crippen LogP contribution in [0.15, 0.2) is 66.7 Å². The number of benzene rings is 3. The summed E-state index contributed by atoms with van der Waals surface area (Å²) in [5.41, 5.74) is 3.02. The Hall–Kier alpha value is -4.86. The molecule has 0 saturated carbocycles. The molecule has 0 radical (unpaired) electrons. The number of urea groups is 1. The lowest BCUT2D eigenvalue weighted by atomic mass is 9.87. The number of nitrogens with zero attached hydrogens (tertiary/aromatic N) is 1. The van der Waals surface area contributed by atoms with Gasteiger partial charge in [0.05, 0.1) is 23.3 Å². The molecule has 1 aliphatic rings. The number of carbonyl (C=O) groups excluding carboxylic acids is 2. The predicted octanol–water partition coefficient (Wildman–Crippen LogP) is 4.58. The van der Waals surface area contributed by atoms with Gasteiger partial charge in [0.25, 0.3) is 0 Å². The second-order valence-corrected chi connectivity index (χ2v) is 8.02. The van der Waals surface area contributed by atoms with Gasteiger partial charge < -0.3 is 25.8 Å². The summed E-state index contributed by atoms with van der Waals surface area (Å²) in [6, 6.07) is 17.6. The number of carbonyl (C=O) groups is 2. The van der Waals surface area contributed by atoms with Crippen LogP contribution in [0.5, 0.6) is 11.5 Å². The number of nitro benzene ring substituents is 1. The highest BCUT2D eigenvalue weighted by Crippen LogP contribution is 2.44. The zero-order valence-corrected chi connectivity index (χ0v) is 19.6. The minimum Gasteiger partial charge on any atom is -0.500 e. The van der Waals surface area contributed by atoms with E-state index in [0.29, 0.717) is 28.1 Å². The van der Waals surface area contributed by atoms with E-state index >= 15 is 0 Å². The highest BCUT2D eigenvalue weighted by atomic mass is 16.6. The highest BCUT2D eigenvalue weighted by Gasteiger charge is 2.33. The van der Waals surface area contributed by atoms with E-state index in [2.05, 4.69) is 16.0 Å². The van der Waals surface area contributed by atoms with Crippen molar-refractivity contribution in [3.8, 4) is 11.5 Å². The fourth-order valence-corrected chi connectivity index (χ4v) is 4.08. The molecule has 3 amide bonds. The molecule has 0 spiro atoms. The molecule has 36 heavy (non-hydrogen) atoms. The first-order valence-corrected chi connectivity index (χ1v) is 11.2. The van der Waals surface area contributed by atoms with Gasteiger partial charge in [0.15, 0.2) is 5.75 Å². The van der Waals surface area contributed by atoms with Crippen molar-refractivity contribution < 1.29 is 24.4 Å². The van der Waals surface area contributed by atoms with Crippen molar-refractivity contribution in [3.05, 3.63) is 93.5 Å². The molecular weight excluding hydrogens is 464 g/mol. The van der Waals surface area contributed by atoms with Crippen molar-refractivity contribution in [3.63, 3.8) is 0 Å². The molecule has 10 nitrogen and oxygen atoms in total. The lowest BCUT2D eigenvalue weighted by Gasteiger charge is -2.31. The molecule has 4 rings (SSSR count). The smallest absolute Gasteiger partial charge is 0.320 e. The number of hydrogen-bond donors (Lipinski definition) is 4. The molecule has 3 aromatic carbocycles. The summed E-state index contributed by atoms with van der Waals surface area (Å²) in [7, 11) is 0. The summed E-state index contributed by atoms with van der Waals surface area (Å²) in [5.74, 6) is -0.839. The van der Waals surface area contributed by atoms with Gasteiger partial charge in [0.1, 0.15) is 0 Å². The van der Waals surface area contributed by atoms with E-state index in [1.54, 1.807) is 31.2 Å². The number of nitro groups is 1. The number of nitrogens with one attached hydrogen (secondary N) is 3. The monoisotopic (exact) mass is 488 g/mol. The SMILES string of the molecule is CCOc1cc(C2NC(=O)NC(c3ccc(NC(C)=O)cc3)=C2c2ccccc2)cc([N+](=O)[O-])c1O. The third-order valence-corrected chi connectivity index (χ3v) is 5.56. The second kappa shape index (κ2) is 10.2. The van der Waals surface area contributed by atoms with E-state index in [0.717, 1.165) is 5.56 Å². The standard InChI is InChI=1S/C26H24N4O6/c1-3-36-21-14-18(13-20(25(21)32)30(34)35)24-22(16-7-5-4-6-8-16)23(28-26(33)29-24)17-9-11-19(12-10-17)27-15(2)31/h4-14,24,32H,3H2,1-2H3,(H,27,31)(H2,28,29,33). The Balaban J connectivity index is 1.93. The third-order valence-electron chi connectivity index (χ3n) is 5.56. The average Bonchev–Trinajstić information content (AvgIpc) is 2.85. The number of phenolic OH excluding ortho intramolecular Hbond substituents is 1. The van der Waals surface area contributed by atoms with Crippen LogP contribution in [0, 0.1) is 10.1 Å². The van der Waals surface area contributed by atoms with E-state index in [1.165, 1.54) is 19.1 Å². The molecular formula is C26H24N4O6. The molecule has 1 heterocycles. The van der Waals surface area contributed by atoms with Crippen molar-refractivity contribution >= 4 is 34.6 Å². The lowest BCUT2D eigenvalue weighted by molar-refractivity contribution is -0.386. The van der Waals surface area contributed by atoms with Crippen molar-refractivity contribution in [2.24, 2.45) is 0 Å². The summed E-state index contributed by atoms with van der Waals surface area (Å²) in [6.45, 7) is 3.29. The van der Waals surface area contributed by atoms with Crippen LogP contribution >= 0.6 is 0 Å². The van der Waals surface area contributed by atoms with Crippen LogP contribution < -0.4 is 20.7 Å². The quantitative estimate of drug-likeness (QED) is 0.283. The molecule has 10 heteroatoms. The molecule has 1 atom stereocenters. The summed E-state index contributed by atoms with van der Waals surface area (Å²) in [6.07, 6.45) is 0. The predicted molar refractivity (Wildman–Crippen MR) is 134 cm³/mol. The van der Waals surface area contributed by atoms with E-state index < -0.39 is 28.4 Å². The molecule has 0 bridgehead atoms. The molecule has 1 unspecified atom stereocenters. The third kappa shape index (κ3) is 4.97. The fraction of sp³-hybridized carbons (Fsp3) is 0.154. The number of anilines is 1. The largest absolute Gasteiger partial charge is 0.500 e. The Morgan fingerprint density at radius 2 is 1.81 bits per heavy atom. The number of rotatable bonds is 7. The van der Waals surface area contributed by atoms with Crippen LogP contribution in [0.2, 0.25) is 0 Å². The van der Waals surface area contributed by atoms with Gasteiger partial charge in [-0.15, -0.1) is 0 Å². The van der Waals surface area contributed by atoms with Crippen LogP contribution in [0.3, 0.4) is 0 Å². The Morgan fingerprint density at radius 1 is 1.11 bits per heavy atom. The number of phenols is 1. The molecule has 1 aliphatic heterocycles. The molecule has 0 fully saturated rings. The van der Waals surface area contributed by atoms with Crippen LogP contribution in [0.4, 0.5) is 16.2 Å². The van der Waals surface area contributed by atoms with Gasteiger partial charge in [-0.1, -0.05) is 42.5 Å². The molecule has 4 N–H and O–H groups in total. The summed E-state index contributed by atoms with van der Waals surface area (Å²) in [4.78, 5) is 35.2. The van der Waals surface area contributed by atoms with Crippen LogP contribution in [-0.2, 0) is 4.79 Å². The van der Waals surface area contributed by atoms with E-state index in [9.17, 15) is 24.8 Å². The number of amides is 3. The molecule has 0 aromatic heterocycles. The van der Waals surface area contributed by atoms with Crippen LogP contribution in [-0.4, -0.2) is 28.6 Å². The van der Waals surface area contributed by atoms with Gasteiger partial charge in [0.2, 0.25) is 11.7 Å². The van der Waals surface area contributed by atoms with Crippen molar-refractivity contribution in [2.75, 3.05) is 11.9 Å². The van der Waals surface area contributed by atoms with Crippen molar-refractivity contribution in [1.29, 1.82) is 0 Å². The minimum atomic E-state index is -0.801. The molecule has 0 saturated heterocycles. The second-order valence-electron chi connectivity index (χ2n) is 8.02.